The first kappa shape index (κ1) is 16.5. The molecule has 1 aromatic rings. The van der Waals surface area contributed by atoms with Crippen molar-refractivity contribution >= 4 is 24.0 Å². The van der Waals surface area contributed by atoms with Gasteiger partial charge in [0.05, 0.1) is 11.6 Å². The molecule has 0 radical (unpaired) electrons. The molecule has 2 nitrogen and oxygen atoms in total. The molecule has 0 bridgehead atoms. The Morgan fingerprint density at radius 1 is 1.42 bits per heavy atom. The van der Waals surface area contributed by atoms with Gasteiger partial charge in [-0.15, -0.1) is 12.4 Å². The van der Waals surface area contributed by atoms with Crippen LogP contribution in [0.2, 0.25) is 5.02 Å². The quantitative estimate of drug-likeness (QED) is 0.889. The van der Waals surface area contributed by atoms with Crippen LogP contribution in [0.4, 0.5) is 4.39 Å². The second-order valence-corrected chi connectivity index (χ2v) is 5.22. The van der Waals surface area contributed by atoms with Crippen molar-refractivity contribution in [1.82, 2.24) is 0 Å². The number of ether oxygens (including phenoxy) is 1. The number of benzene rings is 1. The first-order valence-electron chi connectivity index (χ1n) is 6.50. The lowest BCUT2D eigenvalue weighted by Crippen LogP contribution is -2.19. The van der Waals surface area contributed by atoms with Gasteiger partial charge in [-0.25, -0.2) is 4.39 Å². The van der Waals surface area contributed by atoms with Gasteiger partial charge in [-0.2, -0.15) is 0 Å². The van der Waals surface area contributed by atoms with Crippen LogP contribution in [0.25, 0.3) is 0 Å². The van der Waals surface area contributed by atoms with E-state index in [0.717, 1.165) is 18.4 Å². The van der Waals surface area contributed by atoms with Crippen LogP contribution in [0.3, 0.4) is 0 Å². The predicted octanol–water partition coefficient (Wildman–Crippen LogP) is 4.49. The van der Waals surface area contributed by atoms with Crippen molar-refractivity contribution in [3.63, 3.8) is 0 Å². The molecule has 1 aromatic carbocycles. The van der Waals surface area contributed by atoms with Crippen molar-refractivity contribution in [2.45, 2.75) is 38.6 Å². The van der Waals surface area contributed by atoms with Gasteiger partial charge in [-0.1, -0.05) is 24.4 Å². The largest absolute Gasteiger partial charge is 0.489 e. The summed E-state index contributed by atoms with van der Waals surface area (Å²) >= 11 is 6.04. The standard InChI is InChI=1S/C14H19ClFNO.ClH/c1-2-18-14-11(15)7-10(8-12(14)16)13(17)9-5-3-4-6-9;/h7-9,13H,2-6,17H2,1H3;1H/t13-;/m0./s1. The number of hydrogen-bond acceptors (Lipinski definition) is 2. The summed E-state index contributed by atoms with van der Waals surface area (Å²) in [6.07, 6.45) is 4.67. The van der Waals surface area contributed by atoms with E-state index >= 15 is 0 Å². The van der Waals surface area contributed by atoms with Crippen LogP contribution in [-0.2, 0) is 0 Å². The van der Waals surface area contributed by atoms with Gasteiger partial charge < -0.3 is 10.5 Å². The fourth-order valence-electron chi connectivity index (χ4n) is 2.64. The van der Waals surface area contributed by atoms with Crippen molar-refractivity contribution in [2.75, 3.05) is 6.61 Å². The van der Waals surface area contributed by atoms with E-state index < -0.39 is 5.82 Å². The van der Waals surface area contributed by atoms with Gasteiger partial charge >= 0.3 is 0 Å². The minimum Gasteiger partial charge on any atom is -0.489 e. The molecule has 108 valence electrons. The molecule has 0 saturated heterocycles. The summed E-state index contributed by atoms with van der Waals surface area (Å²) in [5, 5.41) is 0.306. The molecule has 1 fully saturated rings. The summed E-state index contributed by atoms with van der Waals surface area (Å²) in [5.74, 6) is 0.146. The molecular formula is C14H20Cl2FNO. The van der Waals surface area contributed by atoms with E-state index in [2.05, 4.69) is 0 Å². The topological polar surface area (TPSA) is 35.2 Å². The molecule has 2 rings (SSSR count). The van der Waals surface area contributed by atoms with E-state index in [-0.39, 0.29) is 24.2 Å². The highest BCUT2D eigenvalue weighted by Crippen LogP contribution is 2.37. The highest BCUT2D eigenvalue weighted by Gasteiger charge is 2.24. The van der Waals surface area contributed by atoms with Gasteiger partial charge in [0, 0.05) is 6.04 Å². The first-order chi connectivity index (χ1) is 8.63. The average molecular weight is 308 g/mol. The maximum Gasteiger partial charge on any atom is 0.173 e. The van der Waals surface area contributed by atoms with E-state index in [4.69, 9.17) is 22.1 Å². The summed E-state index contributed by atoms with van der Waals surface area (Å²) in [4.78, 5) is 0. The summed E-state index contributed by atoms with van der Waals surface area (Å²) in [7, 11) is 0. The number of rotatable bonds is 4. The van der Waals surface area contributed by atoms with Crippen molar-refractivity contribution in [3.8, 4) is 5.75 Å². The monoisotopic (exact) mass is 307 g/mol. The predicted molar refractivity (Wildman–Crippen MR) is 78.7 cm³/mol. The third-order valence-electron chi connectivity index (χ3n) is 3.60. The summed E-state index contributed by atoms with van der Waals surface area (Å²) in [6.45, 7) is 2.19. The van der Waals surface area contributed by atoms with Gasteiger partial charge in [0.15, 0.2) is 11.6 Å². The maximum atomic E-state index is 13.9. The minimum absolute atomic E-state index is 0. The third-order valence-corrected chi connectivity index (χ3v) is 3.88. The molecule has 0 aliphatic heterocycles. The number of nitrogens with two attached hydrogens (primary N) is 1. The van der Waals surface area contributed by atoms with Crippen LogP contribution < -0.4 is 10.5 Å². The second kappa shape index (κ2) is 7.32. The molecule has 1 aliphatic rings. The van der Waals surface area contributed by atoms with Crippen molar-refractivity contribution in [1.29, 1.82) is 0 Å². The van der Waals surface area contributed by atoms with E-state index in [1.807, 2.05) is 0 Å². The fourth-order valence-corrected chi connectivity index (χ4v) is 2.91. The second-order valence-electron chi connectivity index (χ2n) is 4.82. The van der Waals surface area contributed by atoms with Gasteiger partial charge in [0.25, 0.3) is 0 Å². The van der Waals surface area contributed by atoms with E-state index in [1.54, 1.807) is 13.0 Å². The molecule has 5 heteroatoms. The van der Waals surface area contributed by atoms with Crippen LogP contribution in [0, 0.1) is 11.7 Å². The van der Waals surface area contributed by atoms with Crippen LogP contribution in [0.15, 0.2) is 12.1 Å². The van der Waals surface area contributed by atoms with Crippen LogP contribution in [0.1, 0.15) is 44.2 Å². The molecule has 0 unspecified atom stereocenters. The molecular weight excluding hydrogens is 288 g/mol. The summed E-state index contributed by atoms with van der Waals surface area (Å²) in [5.41, 5.74) is 6.97. The Hall–Kier alpha value is -0.510. The number of hydrogen-bond donors (Lipinski definition) is 1. The summed E-state index contributed by atoms with van der Waals surface area (Å²) < 4.78 is 19.1. The Labute approximate surface area is 124 Å². The molecule has 0 amide bonds. The molecule has 0 aromatic heterocycles. The normalized spacial score (nSPS) is 17.1. The van der Waals surface area contributed by atoms with Crippen LogP contribution in [0.5, 0.6) is 5.75 Å². The Morgan fingerprint density at radius 3 is 2.58 bits per heavy atom. The molecule has 1 atom stereocenters. The highest BCUT2D eigenvalue weighted by molar-refractivity contribution is 6.32. The van der Waals surface area contributed by atoms with Crippen molar-refractivity contribution in [2.24, 2.45) is 11.7 Å². The summed E-state index contributed by atoms with van der Waals surface area (Å²) in [6, 6.07) is 3.06. The lowest BCUT2D eigenvalue weighted by Gasteiger charge is -2.20. The lowest BCUT2D eigenvalue weighted by molar-refractivity contribution is 0.321. The van der Waals surface area contributed by atoms with Crippen molar-refractivity contribution < 1.29 is 9.13 Å². The third kappa shape index (κ3) is 3.74. The fraction of sp³-hybridized carbons (Fsp3) is 0.571. The zero-order chi connectivity index (χ0) is 13.1. The maximum absolute atomic E-state index is 13.9. The van der Waals surface area contributed by atoms with Crippen LogP contribution >= 0.6 is 24.0 Å². The Morgan fingerprint density at radius 2 is 2.05 bits per heavy atom. The Bertz CT molecular complexity index is 399. The smallest absolute Gasteiger partial charge is 0.173 e. The molecule has 2 N–H and O–H groups in total. The van der Waals surface area contributed by atoms with Gasteiger partial charge in [0.2, 0.25) is 0 Å². The molecule has 0 heterocycles. The van der Waals surface area contributed by atoms with Gasteiger partial charge in [0.1, 0.15) is 0 Å². The highest BCUT2D eigenvalue weighted by atomic mass is 35.5. The van der Waals surface area contributed by atoms with Crippen LogP contribution in [-0.4, -0.2) is 6.61 Å². The van der Waals surface area contributed by atoms with Gasteiger partial charge in [-0.3, -0.25) is 0 Å². The molecule has 19 heavy (non-hydrogen) atoms. The van der Waals surface area contributed by atoms with E-state index in [9.17, 15) is 4.39 Å². The Kier molecular flexibility index (Phi) is 6.37. The number of halogens is 3. The Balaban J connectivity index is 0.00000180. The van der Waals surface area contributed by atoms with Gasteiger partial charge in [-0.05, 0) is 43.4 Å². The molecule has 1 aliphatic carbocycles. The van der Waals surface area contributed by atoms with E-state index in [0.29, 0.717) is 17.5 Å². The average Bonchev–Trinajstić information content (AvgIpc) is 2.86. The molecule has 0 spiro atoms. The zero-order valence-corrected chi connectivity index (χ0v) is 12.6. The zero-order valence-electron chi connectivity index (χ0n) is 11.0. The molecule has 1 saturated carbocycles. The van der Waals surface area contributed by atoms with E-state index in [1.165, 1.54) is 18.9 Å². The minimum atomic E-state index is -0.423. The lowest BCUT2D eigenvalue weighted by atomic mass is 9.92. The van der Waals surface area contributed by atoms with Crippen molar-refractivity contribution in [3.05, 3.63) is 28.5 Å². The first-order valence-corrected chi connectivity index (χ1v) is 6.88. The SMILES string of the molecule is CCOc1c(F)cc([C@@H](N)C2CCCC2)cc1Cl.Cl.